The second-order valence-electron chi connectivity index (χ2n) is 5.30. The molecule has 25 heavy (non-hydrogen) atoms. The standard InChI is InChI=1S/C18H19FN2O4/c1-25-16-7-2-12(10-15(16)19)11-17(23)20-8-9-21-18(24)13-3-5-14(22)6-4-13/h2-7,10,22H,8-9,11H2,1H3,(H,20,23)(H,21,24). The lowest BCUT2D eigenvalue weighted by molar-refractivity contribution is -0.120. The van der Waals surface area contributed by atoms with Crippen LogP contribution in [0.3, 0.4) is 0 Å². The summed E-state index contributed by atoms with van der Waals surface area (Å²) in [7, 11) is 1.37. The fourth-order valence-corrected chi connectivity index (χ4v) is 2.16. The zero-order valence-electron chi connectivity index (χ0n) is 13.7. The molecule has 132 valence electrons. The molecule has 2 aromatic carbocycles. The van der Waals surface area contributed by atoms with E-state index in [1.807, 2.05) is 0 Å². The average molecular weight is 346 g/mol. The molecule has 7 heteroatoms. The summed E-state index contributed by atoms with van der Waals surface area (Å²) in [5.74, 6) is -0.885. The molecule has 0 aliphatic carbocycles. The maximum Gasteiger partial charge on any atom is 0.251 e. The lowest BCUT2D eigenvalue weighted by Gasteiger charge is -2.08. The van der Waals surface area contributed by atoms with Gasteiger partial charge in [0.05, 0.1) is 13.5 Å². The molecule has 0 bridgehead atoms. The first-order valence-corrected chi connectivity index (χ1v) is 7.66. The molecule has 0 radical (unpaired) electrons. The van der Waals surface area contributed by atoms with Crippen LogP contribution in [0.2, 0.25) is 0 Å². The molecule has 2 aromatic rings. The summed E-state index contributed by atoms with van der Waals surface area (Å²) in [6.45, 7) is 0.504. The van der Waals surface area contributed by atoms with E-state index >= 15 is 0 Å². The Morgan fingerprint density at radius 2 is 1.76 bits per heavy atom. The normalized spacial score (nSPS) is 10.2. The first-order chi connectivity index (χ1) is 12.0. The lowest BCUT2D eigenvalue weighted by atomic mass is 10.1. The molecule has 2 rings (SSSR count). The zero-order valence-corrected chi connectivity index (χ0v) is 13.7. The summed E-state index contributed by atoms with van der Waals surface area (Å²) in [6, 6.07) is 10.2. The van der Waals surface area contributed by atoms with Gasteiger partial charge in [0.2, 0.25) is 5.91 Å². The monoisotopic (exact) mass is 346 g/mol. The van der Waals surface area contributed by atoms with E-state index in [2.05, 4.69) is 10.6 Å². The van der Waals surface area contributed by atoms with Gasteiger partial charge in [-0.15, -0.1) is 0 Å². The summed E-state index contributed by atoms with van der Waals surface area (Å²) in [4.78, 5) is 23.7. The van der Waals surface area contributed by atoms with Crippen LogP contribution >= 0.6 is 0 Å². The summed E-state index contributed by atoms with van der Waals surface area (Å²) in [5, 5.41) is 14.5. The largest absolute Gasteiger partial charge is 0.508 e. The van der Waals surface area contributed by atoms with Gasteiger partial charge in [-0.05, 0) is 42.0 Å². The Morgan fingerprint density at radius 1 is 1.08 bits per heavy atom. The Balaban J connectivity index is 1.72. The molecule has 0 unspecified atom stereocenters. The molecule has 3 N–H and O–H groups in total. The molecule has 0 fully saturated rings. The van der Waals surface area contributed by atoms with Gasteiger partial charge in [-0.2, -0.15) is 0 Å². The summed E-state index contributed by atoms with van der Waals surface area (Å²) in [6.07, 6.45) is 0.0345. The second kappa shape index (κ2) is 8.68. The maximum atomic E-state index is 13.6. The fraction of sp³-hybridized carbons (Fsp3) is 0.222. The van der Waals surface area contributed by atoms with E-state index in [9.17, 15) is 19.1 Å². The van der Waals surface area contributed by atoms with E-state index in [4.69, 9.17) is 4.74 Å². The number of phenols is 1. The zero-order chi connectivity index (χ0) is 18.2. The number of amides is 2. The van der Waals surface area contributed by atoms with Crippen molar-refractivity contribution in [1.82, 2.24) is 10.6 Å². The van der Waals surface area contributed by atoms with E-state index in [0.717, 1.165) is 0 Å². The van der Waals surface area contributed by atoms with Crippen LogP contribution in [-0.2, 0) is 11.2 Å². The third kappa shape index (κ3) is 5.49. The van der Waals surface area contributed by atoms with Gasteiger partial charge in [-0.3, -0.25) is 9.59 Å². The number of phenolic OH excluding ortho intramolecular Hbond substituents is 1. The minimum absolute atomic E-state index is 0.0345. The van der Waals surface area contributed by atoms with Crippen LogP contribution < -0.4 is 15.4 Å². The van der Waals surface area contributed by atoms with Crippen molar-refractivity contribution in [2.75, 3.05) is 20.2 Å². The Hall–Kier alpha value is -3.09. The number of aromatic hydroxyl groups is 1. The van der Waals surface area contributed by atoms with E-state index in [0.29, 0.717) is 11.1 Å². The molecule has 0 aromatic heterocycles. The number of halogens is 1. The van der Waals surface area contributed by atoms with Gasteiger partial charge in [0.25, 0.3) is 5.91 Å². The van der Waals surface area contributed by atoms with Crippen molar-refractivity contribution in [3.63, 3.8) is 0 Å². The highest BCUT2D eigenvalue weighted by molar-refractivity contribution is 5.94. The molecule has 0 heterocycles. The predicted octanol–water partition coefficient (Wildman–Crippen LogP) is 1.63. The highest BCUT2D eigenvalue weighted by Crippen LogP contribution is 2.17. The van der Waals surface area contributed by atoms with E-state index < -0.39 is 5.82 Å². The molecule has 0 aliphatic heterocycles. The van der Waals surface area contributed by atoms with Crippen LogP contribution in [0.5, 0.6) is 11.5 Å². The lowest BCUT2D eigenvalue weighted by Crippen LogP contribution is -2.35. The minimum Gasteiger partial charge on any atom is -0.508 e. The Labute approximate surface area is 144 Å². The maximum absolute atomic E-state index is 13.6. The van der Waals surface area contributed by atoms with Gasteiger partial charge in [0.15, 0.2) is 11.6 Å². The van der Waals surface area contributed by atoms with Crippen LogP contribution in [0.4, 0.5) is 4.39 Å². The van der Waals surface area contributed by atoms with Crippen LogP contribution in [0.15, 0.2) is 42.5 Å². The summed E-state index contributed by atoms with van der Waals surface area (Å²) in [5.41, 5.74) is 0.946. The van der Waals surface area contributed by atoms with Gasteiger partial charge in [0, 0.05) is 18.7 Å². The third-order valence-corrected chi connectivity index (χ3v) is 3.44. The van der Waals surface area contributed by atoms with E-state index in [1.54, 1.807) is 6.07 Å². The SMILES string of the molecule is COc1ccc(CC(=O)NCCNC(=O)c2ccc(O)cc2)cc1F. The predicted molar refractivity (Wildman–Crippen MR) is 90.1 cm³/mol. The number of methoxy groups -OCH3 is 1. The smallest absolute Gasteiger partial charge is 0.251 e. The van der Waals surface area contributed by atoms with Crippen molar-refractivity contribution in [1.29, 1.82) is 0 Å². The molecule has 2 amide bonds. The van der Waals surface area contributed by atoms with Gasteiger partial charge in [0.1, 0.15) is 5.75 Å². The summed E-state index contributed by atoms with van der Waals surface area (Å²) >= 11 is 0. The molecule has 0 saturated heterocycles. The highest BCUT2D eigenvalue weighted by Gasteiger charge is 2.08. The van der Waals surface area contributed by atoms with Crippen LogP contribution in [0, 0.1) is 5.82 Å². The van der Waals surface area contributed by atoms with E-state index in [-0.39, 0.29) is 42.8 Å². The minimum atomic E-state index is -0.519. The Kier molecular flexibility index (Phi) is 6.33. The van der Waals surface area contributed by atoms with Gasteiger partial charge < -0.3 is 20.5 Å². The quantitative estimate of drug-likeness (QED) is 0.665. The number of carbonyl (C=O) groups excluding carboxylic acids is 2. The number of nitrogens with one attached hydrogen (secondary N) is 2. The van der Waals surface area contributed by atoms with Crippen molar-refractivity contribution in [3.8, 4) is 11.5 Å². The van der Waals surface area contributed by atoms with Crippen molar-refractivity contribution in [2.45, 2.75) is 6.42 Å². The van der Waals surface area contributed by atoms with E-state index in [1.165, 1.54) is 43.5 Å². The number of hydrogen-bond donors (Lipinski definition) is 3. The van der Waals surface area contributed by atoms with Crippen molar-refractivity contribution in [3.05, 3.63) is 59.4 Å². The molecule has 6 nitrogen and oxygen atoms in total. The molecule has 0 atom stereocenters. The first kappa shape index (κ1) is 18.3. The van der Waals surface area contributed by atoms with Crippen molar-refractivity contribution < 1.29 is 23.8 Å². The molecule has 0 aliphatic rings. The second-order valence-corrected chi connectivity index (χ2v) is 5.30. The van der Waals surface area contributed by atoms with Gasteiger partial charge >= 0.3 is 0 Å². The fourth-order valence-electron chi connectivity index (χ4n) is 2.16. The summed E-state index contributed by atoms with van der Waals surface area (Å²) < 4.78 is 18.4. The first-order valence-electron chi connectivity index (χ1n) is 7.66. The number of carbonyl (C=O) groups is 2. The van der Waals surface area contributed by atoms with Crippen LogP contribution in [0.1, 0.15) is 15.9 Å². The number of hydrogen-bond acceptors (Lipinski definition) is 4. The number of benzene rings is 2. The highest BCUT2D eigenvalue weighted by atomic mass is 19.1. The third-order valence-electron chi connectivity index (χ3n) is 3.44. The average Bonchev–Trinajstić information content (AvgIpc) is 2.59. The Bertz CT molecular complexity index is 747. The number of rotatable bonds is 7. The topological polar surface area (TPSA) is 87.7 Å². The molecule has 0 saturated carbocycles. The number of ether oxygens (including phenoxy) is 1. The van der Waals surface area contributed by atoms with Crippen molar-refractivity contribution in [2.24, 2.45) is 0 Å². The molecular formula is C18H19FN2O4. The Morgan fingerprint density at radius 3 is 2.40 bits per heavy atom. The van der Waals surface area contributed by atoms with Crippen LogP contribution in [0.25, 0.3) is 0 Å². The molecular weight excluding hydrogens is 327 g/mol. The van der Waals surface area contributed by atoms with Gasteiger partial charge in [-0.1, -0.05) is 6.07 Å². The van der Waals surface area contributed by atoms with Crippen molar-refractivity contribution >= 4 is 11.8 Å². The van der Waals surface area contributed by atoms with Crippen LogP contribution in [-0.4, -0.2) is 37.1 Å². The molecule has 0 spiro atoms. The van der Waals surface area contributed by atoms with Gasteiger partial charge in [-0.25, -0.2) is 4.39 Å².